The van der Waals surface area contributed by atoms with Crippen molar-refractivity contribution in [3.05, 3.63) is 89.2 Å². The van der Waals surface area contributed by atoms with Gasteiger partial charge in [0.15, 0.2) is 0 Å². The highest BCUT2D eigenvalue weighted by molar-refractivity contribution is 6.06. The lowest BCUT2D eigenvalue weighted by molar-refractivity contribution is -0.133. The predicted octanol–water partition coefficient (Wildman–Crippen LogP) is 4.14. The maximum atomic E-state index is 11.9. The van der Waals surface area contributed by atoms with Crippen molar-refractivity contribution < 1.29 is 9.53 Å². The van der Waals surface area contributed by atoms with E-state index in [4.69, 9.17) is 4.74 Å². The molecule has 0 fully saturated rings. The van der Waals surface area contributed by atoms with Gasteiger partial charge in [-0.2, -0.15) is 0 Å². The summed E-state index contributed by atoms with van der Waals surface area (Å²) >= 11 is 0. The summed E-state index contributed by atoms with van der Waals surface area (Å²) in [5.74, 6) is 0.403. The molecule has 2 nitrogen and oxygen atoms in total. The molecule has 2 aromatic rings. The third kappa shape index (κ3) is 2.79. The first-order valence-corrected chi connectivity index (χ1v) is 6.98. The quantitative estimate of drug-likeness (QED) is 0.787. The van der Waals surface area contributed by atoms with Gasteiger partial charge in [0, 0.05) is 11.1 Å². The number of allylic oxidation sites excluding steroid dienone is 2. The molecule has 2 heteroatoms. The SMILES string of the molecule is CC1=C(c2ccccc2)/C(=C/Cc2ccccc2)OC1=O. The van der Waals surface area contributed by atoms with Crippen LogP contribution in [0, 0.1) is 0 Å². The van der Waals surface area contributed by atoms with Crippen molar-refractivity contribution >= 4 is 11.5 Å². The fourth-order valence-electron chi connectivity index (χ4n) is 2.45. The van der Waals surface area contributed by atoms with Crippen molar-refractivity contribution in [2.45, 2.75) is 13.3 Å². The lowest BCUT2D eigenvalue weighted by Crippen LogP contribution is -1.95. The molecule has 0 saturated carbocycles. The van der Waals surface area contributed by atoms with Crippen molar-refractivity contribution in [1.82, 2.24) is 0 Å². The van der Waals surface area contributed by atoms with Crippen LogP contribution in [0.5, 0.6) is 0 Å². The second-order valence-electron chi connectivity index (χ2n) is 5.01. The Morgan fingerprint density at radius 2 is 1.57 bits per heavy atom. The van der Waals surface area contributed by atoms with Crippen molar-refractivity contribution in [3.8, 4) is 0 Å². The third-order valence-corrected chi connectivity index (χ3v) is 3.56. The normalized spacial score (nSPS) is 16.4. The van der Waals surface area contributed by atoms with Gasteiger partial charge >= 0.3 is 5.97 Å². The van der Waals surface area contributed by atoms with Crippen LogP contribution < -0.4 is 0 Å². The Kier molecular flexibility index (Phi) is 3.69. The second kappa shape index (κ2) is 5.80. The van der Waals surface area contributed by atoms with Crippen LogP contribution in [0.3, 0.4) is 0 Å². The summed E-state index contributed by atoms with van der Waals surface area (Å²) in [5.41, 5.74) is 3.77. The van der Waals surface area contributed by atoms with Gasteiger partial charge in [0.05, 0.1) is 0 Å². The van der Waals surface area contributed by atoms with Crippen molar-refractivity contribution in [3.63, 3.8) is 0 Å². The van der Waals surface area contributed by atoms with Gasteiger partial charge in [0.25, 0.3) is 0 Å². The number of benzene rings is 2. The zero-order valence-corrected chi connectivity index (χ0v) is 11.9. The first-order chi connectivity index (χ1) is 10.3. The van der Waals surface area contributed by atoms with Gasteiger partial charge in [-0.15, -0.1) is 0 Å². The van der Waals surface area contributed by atoms with Crippen LogP contribution in [-0.2, 0) is 16.0 Å². The number of hydrogen-bond donors (Lipinski definition) is 0. The topological polar surface area (TPSA) is 26.3 Å². The Balaban J connectivity index is 1.93. The van der Waals surface area contributed by atoms with E-state index in [0.29, 0.717) is 11.3 Å². The van der Waals surface area contributed by atoms with Crippen molar-refractivity contribution in [1.29, 1.82) is 0 Å². The van der Waals surface area contributed by atoms with E-state index < -0.39 is 0 Å². The highest BCUT2D eigenvalue weighted by atomic mass is 16.5. The predicted molar refractivity (Wildman–Crippen MR) is 83.4 cm³/mol. The first kappa shape index (κ1) is 13.4. The molecule has 104 valence electrons. The van der Waals surface area contributed by atoms with Crippen LogP contribution in [0.2, 0.25) is 0 Å². The highest BCUT2D eigenvalue weighted by Crippen LogP contribution is 2.34. The minimum absolute atomic E-state index is 0.256. The average Bonchev–Trinajstić information content (AvgIpc) is 2.82. The molecule has 1 aliphatic heterocycles. The van der Waals surface area contributed by atoms with Gasteiger partial charge in [-0.1, -0.05) is 60.7 Å². The van der Waals surface area contributed by atoms with Crippen molar-refractivity contribution in [2.24, 2.45) is 0 Å². The number of cyclic esters (lactones) is 1. The molecule has 1 heterocycles. The van der Waals surface area contributed by atoms with Gasteiger partial charge in [-0.3, -0.25) is 0 Å². The average molecular weight is 276 g/mol. The second-order valence-corrected chi connectivity index (χ2v) is 5.01. The first-order valence-electron chi connectivity index (χ1n) is 6.98. The van der Waals surface area contributed by atoms with Gasteiger partial charge < -0.3 is 4.74 Å². The Morgan fingerprint density at radius 1 is 0.952 bits per heavy atom. The van der Waals surface area contributed by atoms with Crippen molar-refractivity contribution in [2.75, 3.05) is 0 Å². The van der Waals surface area contributed by atoms with Crippen LogP contribution in [-0.4, -0.2) is 5.97 Å². The van der Waals surface area contributed by atoms with E-state index in [9.17, 15) is 4.79 Å². The molecule has 0 N–H and O–H groups in total. The van der Waals surface area contributed by atoms with Gasteiger partial charge in [-0.05, 0) is 30.5 Å². The Morgan fingerprint density at radius 3 is 2.24 bits per heavy atom. The van der Waals surface area contributed by atoms with Crippen LogP contribution >= 0.6 is 0 Å². The molecule has 0 bridgehead atoms. The number of carbonyl (C=O) groups excluding carboxylic acids is 1. The summed E-state index contributed by atoms with van der Waals surface area (Å²) in [6.45, 7) is 1.81. The lowest BCUT2D eigenvalue weighted by atomic mass is 9.99. The zero-order chi connectivity index (χ0) is 14.7. The molecule has 3 rings (SSSR count). The number of carbonyl (C=O) groups is 1. The van der Waals surface area contributed by atoms with E-state index in [2.05, 4.69) is 12.1 Å². The molecular weight excluding hydrogens is 260 g/mol. The summed E-state index contributed by atoms with van der Waals surface area (Å²) in [6, 6.07) is 20.0. The minimum Gasteiger partial charge on any atom is -0.423 e. The van der Waals surface area contributed by atoms with Crippen LogP contribution in [0.25, 0.3) is 5.57 Å². The molecule has 2 aromatic carbocycles. The molecule has 0 aromatic heterocycles. The highest BCUT2D eigenvalue weighted by Gasteiger charge is 2.27. The molecular formula is C19H16O2. The summed E-state index contributed by atoms with van der Waals surface area (Å²) in [7, 11) is 0. The zero-order valence-electron chi connectivity index (χ0n) is 11.9. The number of rotatable bonds is 3. The van der Waals surface area contributed by atoms with Crippen LogP contribution in [0.15, 0.2) is 78.1 Å². The van der Waals surface area contributed by atoms with Gasteiger partial charge in [0.1, 0.15) is 5.76 Å². The van der Waals surface area contributed by atoms with Crippen LogP contribution in [0.4, 0.5) is 0 Å². The molecule has 0 spiro atoms. The maximum absolute atomic E-state index is 11.9. The molecule has 0 radical (unpaired) electrons. The lowest BCUT2D eigenvalue weighted by Gasteiger charge is -2.05. The fourth-order valence-corrected chi connectivity index (χ4v) is 2.45. The van der Waals surface area contributed by atoms with E-state index in [-0.39, 0.29) is 5.97 Å². The maximum Gasteiger partial charge on any atom is 0.339 e. The summed E-state index contributed by atoms with van der Waals surface area (Å²) in [6.07, 6.45) is 2.72. The van der Waals surface area contributed by atoms with E-state index in [1.54, 1.807) is 0 Å². The van der Waals surface area contributed by atoms with E-state index in [1.807, 2.05) is 61.5 Å². The summed E-state index contributed by atoms with van der Waals surface area (Å²) in [4.78, 5) is 11.9. The third-order valence-electron chi connectivity index (χ3n) is 3.56. The molecule has 0 atom stereocenters. The van der Waals surface area contributed by atoms with E-state index in [1.165, 1.54) is 5.56 Å². The molecule has 21 heavy (non-hydrogen) atoms. The smallest absolute Gasteiger partial charge is 0.339 e. The van der Waals surface area contributed by atoms with E-state index >= 15 is 0 Å². The minimum atomic E-state index is -0.256. The molecule has 0 saturated heterocycles. The molecule has 0 amide bonds. The molecule has 0 aliphatic carbocycles. The standard InChI is InChI=1S/C19H16O2/c1-14-18(16-10-6-3-7-11-16)17(21-19(14)20)13-12-15-8-4-2-5-9-15/h2-11,13H,12H2,1H3/b17-13-. The summed E-state index contributed by atoms with van der Waals surface area (Å²) < 4.78 is 5.41. The number of ether oxygens (including phenoxy) is 1. The largest absolute Gasteiger partial charge is 0.423 e. The Labute approximate surface area is 124 Å². The molecule has 0 unspecified atom stereocenters. The Bertz CT molecular complexity index is 710. The Hall–Kier alpha value is -2.61. The van der Waals surface area contributed by atoms with Gasteiger partial charge in [0.2, 0.25) is 0 Å². The summed E-state index contributed by atoms with van der Waals surface area (Å²) in [5, 5.41) is 0. The van der Waals surface area contributed by atoms with Gasteiger partial charge in [-0.25, -0.2) is 4.79 Å². The number of esters is 1. The monoisotopic (exact) mass is 276 g/mol. The van der Waals surface area contributed by atoms with Crippen LogP contribution in [0.1, 0.15) is 18.1 Å². The number of hydrogen-bond acceptors (Lipinski definition) is 2. The van der Waals surface area contributed by atoms with E-state index in [0.717, 1.165) is 17.6 Å². The molecule has 1 aliphatic rings. The fraction of sp³-hybridized carbons (Fsp3) is 0.105.